The predicted octanol–water partition coefficient (Wildman–Crippen LogP) is 3.50. The van der Waals surface area contributed by atoms with Gasteiger partial charge < -0.3 is 14.0 Å². The normalized spacial score (nSPS) is 15.0. The van der Waals surface area contributed by atoms with Gasteiger partial charge in [0.25, 0.3) is 10.0 Å². The minimum atomic E-state index is -3.81. The van der Waals surface area contributed by atoms with Crippen LogP contribution in [0.1, 0.15) is 6.92 Å². The summed E-state index contributed by atoms with van der Waals surface area (Å²) in [6, 6.07) is 6.76. The van der Waals surface area contributed by atoms with Crippen LogP contribution in [0.3, 0.4) is 0 Å². The SMILES string of the molecule is CCn1c(=NS(=O)(=O)c2ccc(Cl)s2)sc2cc3c(cc21)OCCO3. The zero-order valence-corrected chi connectivity index (χ0v) is 16.3. The molecule has 0 atom stereocenters. The summed E-state index contributed by atoms with van der Waals surface area (Å²) in [6.07, 6.45) is 0. The van der Waals surface area contributed by atoms with Crippen molar-refractivity contribution in [2.24, 2.45) is 4.40 Å². The van der Waals surface area contributed by atoms with Gasteiger partial charge in [0.05, 0.1) is 14.6 Å². The summed E-state index contributed by atoms with van der Waals surface area (Å²) in [6.45, 7) is 3.53. The van der Waals surface area contributed by atoms with Crippen LogP contribution in [0.25, 0.3) is 10.2 Å². The number of fused-ring (bicyclic) bond motifs is 2. The van der Waals surface area contributed by atoms with E-state index in [1.807, 2.05) is 23.6 Å². The Morgan fingerprint density at radius 3 is 2.56 bits per heavy atom. The van der Waals surface area contributed by atoms with Gasteiger partial charge in [-0.2, -0.15) is 8.42 Å². The Kier molecular flexibility index (Phi) is 4.27. The lowest BCUT2D eigenvalue weighted by molar-refractivity contribution is 0.172. The average Bonchev–Trinajstić information content (AvgIpc) is 3.15. The van der Waals surface area contributed by atoms with Crippen molar-refractivity contribution < 1.29 is 17.9 Å². The van der Waals surface area contributed by atoms with Crippen LogP contribution in [0.4, 0.5) is 0 Å². The molecule has 3 aromatic rings. The summed E-state index contributed by atoms with van der Waals surface area (Å²) in [5.74, 6) is 1.33. The van der Waals surface area contributed by atoms with Gasteiger partial charge in [0.1, 0.15) is 17.4 Å². The van der Waals surface area contributed by atoms with E-state index in [2.05, 4.69) is 4.40 Å². The number of sulfonamides is 1. The summed E-state index contributed by atoms with van der Waals surface area (Å²) < 4.78 is 43.6. The number of hydrogen-bond donors (Lipinski definition) is 0. The molecule has 0 unspecified atom stereocenters. The maximum atomic E-state index is 12.5. The second-order valence-corrected chi connectivity index (χ2v) is 9.77. The summed E-state index contributed by atoms with van der Waals surface area (Å²) in [5.41, 5.74) is 0.870. The highest BCUT2D eigenvalue weighted by Crippen LogP contribution is 2.35. The van der Waals surface area contributed by atoms with Crippen LogP contribution >= 0.6 is 34.3 Å². The molecule has 4 rings (SSSR count). The molecule has 0 aliphatic carbocycles. The predicted molar refractivity (Wildman–Crippen MR) is 98.6 cm³/mol. The minimum absolute atomic E-state index is 0.128. The van der Waals surface area contributed by atoms with Crippen LogP contribution in [0.5, 0.6) is 11.5 Å². The standard InChI is InChI=1S/C15H13ClN2O4S3/c1-2-18-9-7-10-11(22-6-5-21-10)8-12(9)23-15(18)17-25(19,20)14-4-3-13(16)24-14/h3-4,7-8H,2,5-6H2,1H3. The van der Waals surface area contributed by atoms with Crippen molar-refractivity contribution in [1.82, 2.24) is 4.57 Å². The number of hydrogen-bond acceptors (Lipinski definition) is 6. The summed E-state index contributed by atoms with van der Waals surface area (Å²) >= 11 is 8.14. The molecule has 6 nitrogen and oxygen atoms in total. The highest BCUT2D eigenvalue weighted by atomic mass is 35.5. The summed E-state index contributed by atoms with van der Waals surface area (Å²) in [5, 5.41) is 0. The molecule has 0 bridgehead atoms. The first-order chi connectivity index (χ1) is 12.0. The molecule has 3 heterocycles. The Bertz CT molecular complexity index is 1130. The first kappa shape index (κ1) is 16.9. The van der Waals surface area contributed by atoms with E-state index in [1.165, 1.54) is 17.4 Å². The van der Waals surface area contributed by atoms with E-state index >= 15 is 0 Å². The van der Waals surface area contributed by atoms with E-state index in [9.17, 15) is 8.42 Å². The van der Waals surface area contributed by atoms with Crippen LogP contribution in [-0.2, 0) is 16.6 Å². The van der Waals surface area contributed by atoms with E-state index in [0.717, 1.165) is 21.6 Å². The number of thiazole rings is 1. The average molecular weight is 417 g/mol. The molecule has 0 saturated carbocycles. The molecule has 1 aromatic carbocycles. The van der Waals surface area contributed by atoms with E-state index in [1.54, 1.807) is 6.07 Å². The van der Waals surface area contributed by atoms with Crippen molar-refractivity contribution in [2.75, 3.05) is 13.2 Å². The van der Waals surface area contributed by atoms with Gasteiger partial charge in [-0.15, -0.1) is 15.7 Å². The molecule has 0 spiro atoms. The lowest BCUT2D eigenvalue weighted by Crippen LogP contribution is -2.17. The number of rotatable bonds is 3. The molecule has 0 radical (unpaired) electrons. The van der Waals surface area contributed by atoms with Crippen LogP contribution in [-0.4, -0.2) is 26.2 Å². The van der Waals surface area contributed by atoms with Gasteiger partial charge in [-0.05, 0) is 19.1 Å². The molecule has 2 aromatic heterocycles. The Morgan fingerprint density at radius 2 is 1.92 bits per heavy atom. The van der Waals surface area contributed by atoms with Crippen LogP contribution in [0, 0.1) is 0 Å². The summed E-state index contributed by atoms with van der Waals surface area (Å²) in [7, 11) is -3.81. The van der Waals surface area contributed by atoms with Gasteiger partial charge in [-0.25, -0.2) is 0 Å². The van der Waals surface area contributed by atoms with Crippen LogP contribution in [0.15, 0.2) is 32.9 Å². The van der Waals surface area contributed by atoms with Crippen molar-refractivity contribution in [1.29, 1.82) is 0 Å². The number of nitrogens with zero attached hydrogens (tertiary/aromatic N) is 2. The highest BCUT2D eigenvalue weighted by Gasteiger charge is 2.19. The number of ether oxygens (including phenoxy) is 2. The van der Waals surface area contributed by atoms with Gasteiger partial charge in [0, 0.05) is 18.7 Å². The van der Waals surface area contributed by atoms with Gasteiger partial charge in [0.2, 0.25) is 4.80 Å². The Morgan fingerprint density at radius 1 is 1.20 bits per heavy atom. The van der Waals surface area contributed by atoms with Crippen LogP contribution in [0.2, 0.25) is 4.34 Å². The largest absolute Gasteiger partial charge is 0.486 e. The smallest absolute Gasteiger partial charge is 0.294 e. The molecular formula is C15H13ClN2O4S3. The Hall–Kier alpha value is -1.55. The quantitative estimate of drug-likeness (QED) is 0.655. The second-order valence-electron chi connectivity index (χ2n) is 5.22. The van der Waals surface area contributed by atoms with Gasteiger partial charge >= 0.3 is 0 Å². The highest BCUT2D eigenvalue weighted by molar-refractivity contribution is 7.92. The molecule has 132 valence electrons. The fraction of sp³-hybridized carbons (Fsp3) is 0.267. The summed E-state index contributed by atoms with van der Waals surface area (Å²) in [4.78, 5) is 0.407. The molecule has 0 amide bonds. The zero-order chi connectivity index (χ0) is 17.6. The third-order valence-corrected chi connectivity index (χ3v) is 7.79. The van der Waals surface area contributed by atoms with Crippen LogP contribution < -0.4 is 14.3 Å². The molecule has 1 aliphatic rings. The number of thiophene rings is 1. The monoisotopic (exact) mass is 416 g/mol. The lowest BCUT2D eigenvalue weighted by atomic mass is 10.2. The Balaban J connectivity index is 1.92. The second kappa shape index (κ2) is 6.31. The number of halogens is 1. The van der Waals surface area contributed by atoms with Crippen molar-refractivity contribution in [3.63, 3.8) is 0 Å². The Labute approximate surface area is 157 Å². The van der Waals surface area contributed by atoms with E-state index in [4.69, 9.17) is 21.1 Å². The van der Waals surface area contributed by atoms with Gasteiger partial charge in [-0.3, -0.25) is 0 Å². The van der Waals surface area contributed by atoms with Crippen molar-refractivity contribution in [2.45, 2.75) is 17.7 Å². The number of aromatic nitrogens is 1. The maximum absolute atomic E-state index is 12.5. The first-order valence-electron chi connectivity index (χ1n) is 7.47. The topological polar surface area (TPSA) is 69.9 Å². The third-order valence-electron chi connectivity index (χ3n) is 3.66. The van der Waals surface area contributed by atoms with Gasteiger partial charge in [0.15, 0.2) is 11.5 Å². The number of benzene rings is 1. The van der Waals surface area contributed by atoms with Crippen molar-refractivity contribution >= 4 is 54.5 Å². The van der Waals surface area contributed by atoms with Crippen molar-refractivity contribution in [3.8, 4) is 11.5 Å². The molecular weight excluding hydrogens is 404 g/mol. The molecule has 0 saturated heterocycles. The maximum Gasteiger partial charge on any atom is 0.294 e. The zero-order valence-electron chi connectivity index (χ0n) is 13.1. The van der Waals surface area contributed by atoms with E-state index in [-0.39, 0.29) is 4.21 Å². The third kappa shape index (κ3) is 3.05. The molecule has 10 heteroatoms. The van der Waals surface area contributed by atoms with Crippen molar-refractivity contribution in [3.05, 3.63) is 33.4 Å². The molecule has 0 fully saturated rings. The fourth-order valence-corrected chi connectivity index (χ4v) is 6.33. The fourth-order valence-electron chi connectivity index (χ4n) is 2.57. The molecule has 25 heavy (non-hydrogen) atoms. The number of aryl methyl sites for hydroxylation is 1. The molecule has 1 aliphatic heterocycles. The van der Waals surface area contributed by atoms with Gasteiger partial charge in [-0.1, -0.05) is 22.9 Å². The molecule has 0 N–H and O–H groups in total. The van der Waals surface area contributed by atoms with E-state index < -0.39 is 10.0 Å². The first-order valence-corrected chi connectivity index (χ1v) is 10.9. The minimum Gasteiger partial charge on any atom is -0.486 e. The lowest BCUT2D eigenvalue weighted by Gasteiger charge is -2.18. The van der Waals surface area contributed by atoms with E-state index in [0.29, 0.717) is 40.4 Å².